The number of benzodiazepines with no additional fused rings is 1. The summed E-state index contributed by atoms with van der Waals surface area (Å²) in [6.45, 7) is 4.03. The Labute approximate surface area is 215 Å². The summed E-state index contributed by atoms with van der Waals surface area (Å²) in [5.74, 6) is -0.0344. The van der Waals surface area contributed by atoms with Crippen LogP contribution in [0.3, 0.4) is 0 Å². The summed E-state index contributed by atoms with van der Waals surface area (Å²) >= 11 is 0. The molecule has 2 aromatic carbocycles. The lowest BCUT2D eigenvalue weighted by molar-refractivity contribution is -0.127. The fourth-order valence-corrected chi connectivity index (χ4v) is 4.58. The maximum atomic E-state index is 13.3. The molecule has 1 aromatic heterocycles. The molecule has 190 valence electrons. The molecular weight excluding hydrogens is 468 g/mol. The van der Waals surface area contributed by atoms with Crippen LogP contribution >= 0.6 is 0 Å². The lowest BCUT2D eigenvalue weighted by Gasteiger charge is -2.29. The number of Topliss-reactive ketones (excluding diaryl/α,β-unsaturated/α-hetero) is 1. The fourth-order valence-electron chi connectivity index (χ4n) is 4.58. The Morgan fingerprint density at radius 3 is 2.57 bits per heavy atom. The van der Waals surface area contributed by atoms with E-state index in [1.165, 1.54) is 0 Å². The Bertz CT molecular complexity index is 1340. The minimum absolute atomic E-state index is 0.0344. The molecule has 4 N–H and O–H groups in total. The number of ketones is 1. The number of pyridine rings is 1. The summed E-state index contributed by atoms with van der Waals surface area (Å²) in [6, 6.07) is 19.6. The van der Waals surface area contributed by atoms with Gasteiger partial charge < -0.3 is 26.0 Å². The Morgan fingerprint density at radius 1 is 1.05 bits per heavy atom. The summed E-state index contributed by atoms with van der Waals surface area (Å²) < 4.78 is 6.01. The van der Waals surface area contributed by atoms with E-state index in [9.17, 15) is 9.59 Å². The van der Waals surface area contributed by atoms with Gasteiger partial charge in [0, 0.05) is 41.3 Å². The number of nitrogens with one attached hydrogen (secondary N) is 4. The highest BCUT2D eigenvalue weighted by atomic mass is 16.5. The zero-order valence-electron chi connectivity index (χ0n) is 21.0. The number of amides is 2. The number of aliphatic imine (C=N–C) groups is 1. The van der Waals surface area contributed by atoms with E-state index < -0.39 is 29.8 Å². The molecule has 3 aromatic rings. The highest BCUT2D eigenvalue weighted by molar-refractivity contribution is 6.15. The lowest BCUT2D eigenvalue weighted by atomic mass is 9.86. The molecular formula is C28H30N6O3. The van der Waals surface area contributed by atoms with Gasteiger partial charge in [-0.15, -0.1) is 0 Å². The number of urea groups is 1. The summed E-state index contributed by atoms with van der Waals surface area (Å²) in [5.41, 5.74) is 3.72. The van der Waals surface area contributed by atoms with Crippen molar-refractivity contribution in [3.8, 4) is 0 Å². The molecule has 3 atom stereocenters. The lowest BCUT2D eigenvalue weighted by Crippen LogP contribution is -2.54. The molecule has 9 heteroatoms. The van der Waals surface area contributed by atoms with Gasteiger partial charge >= 0.3 is 6.03 Å². The Kier molecular flexibility index (Phi) is 6.62. The molecule has 2 amide bonds. The number of hydrogen-bond acceptors (Lipinski definition) is 7. The minimum atomic E-state index is -0.834. The molecule has 3 heterocycles. The third kappa shape index (κ3) is 5.03. The predicted octanol–water partition coefficient (Wildman–Crippen LogP) is 3.90. The number of carbonyl (C=O) groups excluding carboxylic acids is 2. The maximum Gasteiger partial charge on any atom is 0.320 e. The number of hydrogen-bond donors (Lipinski definition) is 4. The van der Waals surface area contributed by atoms with Crippen LogP contribution in [0.1, 0.15) is 25.1 Å². The standard InChI is InChI=1S/C28H30N6O3/c1-28(2)16-37-24(25(28)35)23-26(34-27(36)31-18-10-8-9-17(15-18)29-3)33-22(21-13-6-7-14-30-21)19-11-4-5-12-20(19)32-23/h4-15,23-24,26,29,32H,16H2,1-3H3,(H2,31,34,36)/t23-,24+,26-/m0/s1. The Hall–Kier alpha value is -4.24. The second-order valence-electron chi connectivity index (χ2n) is 9.76. The number of carbonyl (C=O) groups is 2. The third-order valence-corrected chi connectivity index (χ3v) is 6.58. The van der Waals surface area contributed by atoms with Gasteiger partial charge in [0.15, 0.2) is 5.78 Å². The van der Waals surface area contributed by atoms with Gasteiger partial charge in [-0.05, 0) is 36.4 Å². The average Bonchev–Trinajstić information content (AvgIpc) is 3.07. The van der Waals surface area contributed by atoms with Crippen LogP contribution in [0.2, 0.25) is 0 Å². The van der Waals surface area contributed by atoms with Crippen LogP contribution in [0.15, 0.2) is 77.9 Å². The van der Waals surface area contributed by atoms with Crippen LogP contribution in [-0.4, -0.2) is 54.5 Å². The first-order valence-corrected chi connectivity index (χ1v) is 12.2. The van der Waals surface area contributed by atoms with E-state index in [2.05, 4.69) is 26.3 Å². The van der Waals surface area contributed by atoms with Gasteiger partial charge in [-0.2, -0.15) is 0 Å². The van der Waals surface area contributed by atoms with Gasteiger partial charge in [-0.25, -0.2) is 4.79 Å². The smallest absolute Gasteiger partial charge is 0.320 e. The van der Waals surface area contributed by atoms with Crippen LogP contribution in [0, 0.1) is 5.41 Å². The second-order valence-corrected chi connectivity index (χ2v) is 9.76. The third-order valence-electron chi connectivity index (χ3n) is 6.58. The highest BCUT2D eigenvalue weighted by Crippen LogP contribution is 2.34. The Morgan fingerprint density at radius 2 is 1.84 bits per heavy atom. The van der Waals surface area contributed by atoms with Crippen LogP contribution in [0.4, 0.5) is 21.9 Å². The van der Waals surface area contributed by atoms with E-state index in [4.69, 9.17) is 9.73 Å². The number of benzene rings is 2. The monoisotopic (exact) mass is 498 g/mol. The number of rotatable bonds is 5. The number of anilines is 3. The predicted molar refractivity (Wildman–Crippen MR) is 144 cm³/mol. The molecule has 0 spiro atoms. The largest absolute Gasteiger partial charge is 0.388 e. The molecule has 0 bridgehead atoms. The molecule has 0 unspecified atom stereocenters. The van der Waals surface area contributed by atoms with Crippen molar-refractivity contribution in [3.05, 3.63) is 84.2 Å². The van der Waals surface area contributed by atoms with Crippen LogP contribution in [-0.2, 0) is 9.53 Å². The van der Waals surface area contributed by atoms with E-state index in [1.54, 1.807) is 12.3 Å². The zero-order valence-corrected chi connectivity index (χ0v) is 21.0. The van der Waals surface area contributed by atoms with Gasteiger partial charge in [0.2, 0.25) is 0 Å². The first-order chi connectivity index (χ1) is 17.9. The quantitative estimate of drug-likeness (QED) is 0.424. The van der Waals surface area contributed by atoms with Crippen LogP contribution in [0.25, 0.3) is 0 Å². The molecule has 0 saturated carbocycles. The first kappa shape index (κ1) is 24.5. The van der Waals surface area contributed by atoms with E-state index in [0.717, 1.165) is 16.9 Å². The van der Waals surface area contributed by atoms with Crippen molar-refractivity contribution >= 4 is 34.6 Å². The highest BCUT2D eigenvalue weighted by Gasteiger charge is 2.49. The molecule has 5 rings (SSSR count). The summed E-state index contributed by atoms with van der Waals surface area (Å²) in [7, 11) is 1.81. The molecule has 1 fully saturated rings. The fraction of sp³-hybridized carbons (Fsp3) is 0.286. The number of nitrogens with zero attached hydrogens (tertiary/aromatic N) is 2. The molecule has 1 saturated heterocycles. The van der Waals surface area contributed by atoms with E-state index >= 15 is 0 Å². The number of fused-ring (bicyclic) bond motifs is 1. The van der Waals surface area contributed by atoms with Crippen molar-refractivity contribution in [2.24, 2.45) is 10.4 Å². The van der Waals surface area contributed by atoms with E-state index in [1.807, 2.05) is 81.6 Å². The van der Waals surface area contributed by atoms with Gasteiger partial charge in [0.05, 0.1) is 18.0 Å². The van der Waals surface area contributed by atoms with Crippen molar-refractivity contribution in [2.75, 3.05) is 29.6 Å². The minimum Gasteiger partial charge on any atom is -0.388 e. The van der Waals surface area contributed by atoms with Crippen LogP contribution in [0.5, 0.6) is 0 Å². The molecule has 0 radical (unpaired) electrons. The number of ether oxygens (including phenoxy) is 1. The van der Waals surface area contributed by atoms with E-state index in [-0.39, 0.29) is 5.78 Å². The number of aromatic nitrogens is 1. The molecule has 2 aliphatic heterocycles. The second kappa shape index (κ2) is 10.0. The summed E-state index contributed by atoms with van der Waals surface area (Å²) in [6.07, 6.45) is 0.0688. The summed E-state index contributed by atoms with van der Waals surface area (Å²) in [4.78, 5) is 36.0. The SMILES string of the molecule is CNc1cccc(NC(=O)N[C@@H]2N=C(c3ccccn3)c3ccccc3N[C@H]2[C@H]2OCC(C)(C)C2=O)c1. The normalized spacial score (nSPS) is 22.2. The van der Waals surface area contributed by atoms with Gasteiger partial charge in [0.1, 0.15) is 18.3 Å². The molecule has 9 nitrogen and oxygen atoms in total. The molecule has 37 heavy (non-hydrogen) atoms. The van der Waals surface area contributed by atoms with E-state index in [0.29, 0.717) is 23.7 Å². The van der Waals surface area contributed by atoms with Crippen molar-refractivity contribution in [2.45, 2.75) is 32.2 Å². The van der Waals surface area contributed by atoms with Crippen molar-refractivity contribution in [3.63, 3.8) is 0 Å². The van der Waals surface area contributed by atoms with Crippen molar-refractivity contribution in [1.82, 2.24) is 10.3 Å². The topological polar surface area (TPSA) is 117 Å². The first-order valence-electron chi connectivity index (χ1n) is 12.2. The Balaban J connectivity index is 1.54. The van der Waals surface area contributed by atoms with Gasteiger partial charge in [-0.3, -0.25) is 14.8 Å². The maximum absolute atomic E-state index is 13.3. The van der Waals surface area contributed by atoms with Gasteiger partial charge in [0.25, 0.3) is 0 Å². The van der Waals surface area contributed by atoms with Crippen LogP contribution < -0.4 is 21.3 Å². The average molecular weight is 499 g/mol. The van der Waals surface area contributed by atoms with Gasteiger partial charge in [-0.1, -0.05) is 44.2 Å². The molecule has 2 aliphatic rings. The van der Waals surface area contributed by atoms with Crippen molar-refractivity contribution < 1.29 is 14.3 Å². The van der Waals surface area contributed by atoms with Crippen molar-refractivity contribution in [1.29, 1.82) is 0 Å². The number of para-hydroxylation sites is 1. The summed E-state index contributed by atoms with van der Waals surface area (Å²) in [5, 5.41) is 12.4. The molecule has 0 aliphatic carbocycles. The zero-order chi connectivity index (χ0) is 26.0.